The highest BCUT2D eigenvalue weighted by Gasteiger charge is 2.37. The molecule has 0 spiro atoms. The lowest BCUT2D eigenvalue weighted by atomic mass is 10.0. The predicted octanol–water partition coefficient (Wildman–Crippen LogP) is 2.55. The second-order valence-corrected chi connectivity index (χ2v) is 8.54. The summed E-state index contributed by atoms with van der Waals surface area (Å²) in [6, 6.07) is 10.0. The predicted molar refractivity (Wildman–Crippen MR) is 123 cm³/mol. The molecule has 0 saturated carbocycles. The van der Waals surface area contributed by atoms with E-state index in [0.717, 1.165) is 25.1 Å². The molecule has 8 nitrogen and oxygen atoms in total. The molecular formula is C23H30N6O2. The second kappa shape index (κ2) is 8.45. The summed E-state index contributed by atoms with van der Waals surface area (Å²) >= 11 is 0. The van der Waals surface area contributed by atoms with Crippen LogP contribution in [0.1, 0.15) is 32.3 Å². The zero-order valence-corrected chi connectivity index (χ0v) is 18.6. The first-order valence-electron chi connectivity index (χ1n) is 10.8. The van der Waals surface area contributed by atoms with Gasteiger partial charge in [-0.05, 0) is 32.3 Å². The molecule has 2 aliphatic rings. The van der Waals surface area contributed by atoms with E-state index in [9.17, 15) is 9.59 Å². The average molecular weight is 423 g/mol. The molecule has 1 aromatic carbocycles. The highest BCUT2D eigenvalue weighted by molar-refractivity contribution is 6.08. The highest BCUT2D eigenvalue weighted by atomic mass is 16.2. The largest absolute Gasteiger partial charge is 0.373 e. The fourth-order valence-electron chi connectivity index (χ4n) is 4.12. The normalized spacial score (nSPS) is 20.6. The third-order valence-electron chi connectivity index (χ3n) is 5.99. The number of H-pyrrole nitrogens is 1. The number of carbonyl (C=O) groups is 1. The maximum Gasteiger partial charge on any atom is 0.278 e. The lowest BCUT2D eigenvalue weighted by Crippen LogP contribution is -2.54. The van der Waals surface area contributed by atoms with E-state index in [1.165, 1.54) is 5.56 Å². The van der Waals surface area contributed by atoms with E-state index in [0.29, 0.717) is 23.9 Å². The summed E-state index contributed by atoms with van der Waals surface area (Å²) in [7, 11) is 3.63. The van der Waals surface area contributed by atoms with Gasteiger partial charge in [0.15, 0.2) is 11.5 Å². The number of nitrogens with zero attached hydrogens (tertiary/aromatic N) is 4. The fraction of sp³-hybridized carbons (Fsp3) is 0.435. The number of anilines is 3. The molecular weight excluding hydrogens is 392 g/mol. The number of nitrogens with one attached hydrogen (secondary N) is 2. The topological polar surface area (TPSA) is 84.6 Å². The smallest absolute Gasteiger partial charge is 0.278 e. The third-order valence-corrected chi connectivity index (χ3v) is 5.99. The van der Waals surface area contributed by atoms with Crippen LogP contribution in [0.3, 0.4) is 0 Å². The van der Waals surface area contributed by atoms with Crippen LogP contribution in [-0.4, -0.2) is 53.5 Å². The molecule has 164 valence electrons. The van der Waals surface area contributed by atoms with E-state index in [1.54, 1.807) is 9.80 Å². The van der Waals surface area contributed by atoms with Crippen molar-refractivity contribution in [2.24, 2.45) is 0 Å². The monoisotopic (exact) mass is 422 g/mol. The molecule has 0 fully saturated rings. The van der Waals surface area contributed by atoms with Crippen molar-refractivity contribution in [2.45, 2.75) is 45.3 Å². The first-order valence-corrected chi connectivity index (χ1v) is 10.8. The van der Waals surface area contributed by atoms with Crippen LogP contribution in [-0.2, 0) is 11.3 Å². The Labute approximate surface area is 182 Å². The molecule has 4 rings (SSSR count). The van der Waals surface area contributed by atoms with Gasteiger partial charge in [0.25, 0.3) is 11.5 Å². The van der Waals surface area contributed by atoms with Gasteiger partial charge in [-0.15, -0.1) is 0 Å². The summed E-state index contributed by atoms with van der Waals surface area (Å²) in [4.78, 5) is 39.5. The Bertz CT molecular complexity index is 1050. The summed E-state index contributed by atoms with van der Waals surface area (Å²) in [5, 5.41) is 3.29. The Morgan fingerprint density at radius 1 is 1.23 bits per heavy atom. The van der Waals surface area contributed by atoms with Crippen LogP contribution < -0.4 is 20.7 Å². The van der Waals surface area contributed by atoms with Crippen LogP contribution in [0.25, 0.3) is 0 Å². The Balaban J connectivity index is 1.67. The van der Waals surface area contributed by atoms with Gasteiger partial charge in [-0.1, -0.05) is 30.3 Å². The van der Waals surface area contributed by atoms with Crippen molar-refractivity contribution < 1.29 is 4.79 Å². The Kier molecular flexibility index (Phi) is 5.71. The van der Waals surface area contributed by atoms with Gasteiger partial charge < -0.3 is 15.1 Å². The van der Waals surface area contributed by atoms with Crippen LogP contribution in [0.4, 0.5) is 17.5 Å². The van der Waals surface area contributed by atoms with Crippen LogP contribution in [0.15, 0.2) is 46.9 Å². The fourth-order valence-corrected chi connectivity index (χ4v) is 4.12. The van der Waals surface area contributed by atoms with Gasteiger partial charge in [-0.2, -0.15) is 4.98 Å². The van der Waals surface area contributed by atoms with Crippen molar-refractivity contribution >= 4 is 23.4 Å². The average Bonchev–Trinajstić information content (AvgIpc) is 2.75. The standard InChI is InChI=1S/C23H30N6O2/c1-15-16(2)29(19-20(24-15)25-23(27(3)4)26-21(19)30)22(31)18-11-8-12-28(14-18)13-17-9-6-5-7-10-17/h5-7,9-10,14-16H,8,11-13H2,1-4H3,(H2,24,25,26,30)/t15-,16+/m1/s1. The number of amides is 1. The number of fused-ring (bicyclic) bond motifs is 1. The molecule has 0 radical (unpaired) electrons. The number of aromatic nitrogens is 2. The summed E-state index contributed by atoms with van der Waals surface area (Å²) in [6.45, 7) is 5.63. The van der Waals surface area contributed by atoms with Gasteiger partial charge in [-0.25, -0.2) is 0 Å². The Hall–Kier alpha value is -3.29. The van der Waals surface area contributed by atoms with E-state index in [4.69, 9.17) is 0 Å². The number of hydrogen-bond acceptors (Lipinski definition) is 6. The molecule has 2 aliphatic heterocycles. The number of rotatable bonds is 4. The van der Waals surface area contributed by atoms with E-state index in [1.807, 2.05) is 52.3 Å². The van der Waals surface area contributed by atoms with Gasteiger partial charge in [0, 0.05) is 45.0 Å². The van der Waals surface area contributed by atoms with E-state index < -0.39 is 0 Å². The van der Waals surface area contributed by atoms with Crippen LogP contribution in [0, 0.1) is 0 Å². The maximum absolute atomic E-state index is 13.7. The molecule has 3 heterocycles. The quantitative estimate of drug-likeness (QED) is 0.788. The van der Waals surface area contributed by atoms with Gasteiger partial charge in [0.2, 0.25) is 5.95 Å². The van der Waals surface area contributed by atoms with Crippen LogP contribution in [0.5, 0.6) is 0 Å². The lowest BCUT2D eigenvalue weighted by molar-refractivity contribution is -0.116. The third kappa shape index (κ3) is 4.15. The summed E-state index contributed by atoms with van der Waals surface area (Å²) in [6.07, 6.45) is 3.57. The van der Waals surface area contributed by atoms with Crippen LogP contribution in [0.2, 0.25) is 0 Å². The summed E-state index contributed by atoms with van der Waals surface area (Å²) in [5.41, 5.74) is 1.91. The first-order chi connectivity index (χ1) is 14.8. The summed E-state index contributed by atoms with van der Waals surface area (Å²) < 4.78 is 0. The number of carbonyl (C=O) groups excluding carboxylic acids is 1. The lowest BCUT2D eigenvalue weighted by Gasteiger charge is -2.40. The Morgan fingerprint density at radius 3 is 2.68 bits per heavy atom. The minimum absolute atomic E-state index is 0.0367. The molecule has 0 aliphatic carbocycles. The zero-order valence-electron chi connectivity index (χ0n) is 18.6. The van der Waals surface area contributed by atoms with Crippen molar-refractivity contribution in [2.75, 3.05) is 35.8 Å². The maximum atomic E-state index is 13.7. The van der Waals surface area contributed by atoms with Gasteiger partial charge >= 0.3 is 0 Å². The zero-order chi connectivity index (χ0) is 22.1. The molecule has 0 unspecified atom stereocenters. The van der Waals surface area contributed by atoms with Gasteiger partial charge in [0.05, 0.1) is 6.04 Å². The minimum atomic E-state index is -0.314. The number of hydrogen-bond donors (Lipinski definition) is 2. The van der Waals surface area contributed by atoms with Crippen LogP contribution >= 0.6 is 0 Å². The van der Waals surface area contributed by atoms with Gasteiger partial charge in [-0.3, -0.25) is 19.5 Å². The molecule has 0 bridgehead atoms. The van der Waals surface area contributed by atoms with Crippen molar-refractivity contribution in [3.63, 3.8) is 0 Å². The molecule has 31 heavy (non-hydrogen) atoms. The molecule has 2 aromatic rings. The first kappa shape index (κ1) is 21.0. The van der Waals surface area contributed by atoms with E-state index in [-0.39, 0.29) is 23.6 Å². The van der Waals surface area contributed by atoms with Crippen molar-refractivity contribution in [1.29, 1.82) is 0 Å². The van der Waals surface area contributed by atoms with Crippen molar-refractivity contribution in [3.05, 3.63) is 58.0 Å². The van der Waals surface area contributed by atoms with Crippen molar-refractivity contribution in [1.82, 2.24) is 14.9 Å². The number of benzene rings is 1. The van der Waals surface area contributed by atoms with Crippen molar-refractivity contribution in [3.8, 4) is 0 Å². The molecule has 2 N–H and O–H groups in total. The number of aromatic amines is 1. The molecule has 2 atom stereocenters. The molecule has 8 heteroatoms. The second-order valence-electron chi connectivity index (χ2n) is 8.54. The Morgan fingerprint density at radius 2 is 1.97 bits per heavy atom. The van der Waals surface area contributed by atoms with E-state index in [2.05, 4.69) is 32.3 Å². The van der Waals surface area contributed by atoms with Gasteiger partial charge in [0.1, 0.15) is 0 Å². The highest BCUT2D eigenvalue weighted by Crippen LogP contribution is 2.32. The SMILES string of the molecule is C[C@H]1Nc2nc(N(C)C)[nH]c(=O)c2N(C(=O)C2=CN(Cc3ccccc3)CCC2)[C@H]1C. The molecule has 1 aromatic heterocycles. The minimum Gasteiger partial charge on any atom is -0.373 e. The molecule has 1 amide bonds. The van der Waals surface area contributed by atoms with E-state index >= 15 is 0 Å². The molecule has 0 saturated heterocycles. The summed E-state index contributed by atoms with van der Waals surface area (Å²) in [5.74, 6) is 0.782.